The maximum absolute atomic E-state index is 13.3. The quantitative estimate of drug-likeness (QED) is 0.398. The van der Waals surface area contributed by atoms with Gasteiger partial charge in [0.05, 0.1) is 11.1 Å². The molecule has 2 aromatic carbocycles. The summed E-state index contributed by atoms with van der Waals surface area (Å²) in [5, 5.41) is 4.65. The van der Waals surface area contributed by atoms with Crippen LogP contribution in [0.3, 0.4) is 0 Å². The first-order valence-corrected chi connectivity index (χ1v) is 13.7. The Morgan fingerprint density at radius 1 is 0.676 bits per heavy atom. The van der Waals surface area contributed by atoms with E-state index in [0.29, 0.717) is 17.1 Å². The Morgan fingerprint density at radius 2 is 1.24 bits per heavy atom. The SMILES string of the molecule is O=C1NC(=O)C2=C1c1cn(c3ccccc13)CCCC(CN1CCCC1)CCn1cc2c2ccccc21. The number of carbonyl (C=O) groups excluding carboxylic acids is 2. The minimum atomic E-state index is -0.308. The third-order valence-electron chi connectivity index (χ3n) is 8.55. The van der Waals surface area contributed by atoms with Gasteiger partial charge in [-0.25, -0.2) is 0 Å². The minimum Gasteiger partial charge on any atom is -0.347 e. The monoisotopic (exact) mass is 492 g/mol. The van der Waals surface area contributed by atoms with Crippen LogP contribution in [0.4, 0.5) is 0 Å². The summed E-state index contributed by atoms with van der Waals surface area (Å²) in [5.74, 6) is 0.00864. The lowest BCUT2D eigenvalue weighted by molar-refractivity contribution is -0.122. The number of likely N-dealkylation sites (tertiary alicyclic amines) is 1. The van der Waals surface area contributed by atoms with Crippen molar-refractivity contribution in [1.82, 2.24) is 19.4 Å². The van der Waals surface area contributed by atoms with Crippen LogP contribution in [0.15, 0.2) is 60.9 Å². The van der Waals surface area contributed by atoms with E-state index in [2.05, 4.69) is 68.1 Å². The summed E-state index contributed by atoms with van der Waals surface area (Å²) >= 11 is 0. The molecule has 0 aliphatic carbocycles. The molecule has 3 aliphatic heterocycles. The van der Waals surface area contributed by atoms with Gasteiger partial charge in [-0.1, -0.05) is 36.4 Å². The molecule has 4 bridgehead atoms. The molecule has 1 N–H and O–H groups in total. The number of fused-ring (bicyclic) bond motifs is 12. The van der Waals surface area contributed by atoms with Crippen molar-refractivity contribution in [2.45, 2.75) is 45.2 Å². The fourth-order valence-corrected chi connectivity index (χ4v) is 6.76. The summed E-state index contributed by atoms with van der Waals surface area (Å²) in [4.78, 5) is 29.2. The van der Waals surface area contributed by atoms with E-state index >= 15 is 0 Å². The molecule has 0 saturated carbocycles. The zero-order chi connectivity index (χ0) is 24.9. The molecule has 1 fully saturated rings. The summed E-state index contributed by atoms with van der Waals surface area (Å²) in [5.41, 5.74) is 4.91. The van der Waals surface area contributed by atoms with Gasteiger partial charge in [0.1, 0.15) is 0 Å². The first-order chi connectivity index (χ1) is 18.2. The smallest absolute Gasteiger partial charge is 0.259 e. The molecule has 3 aliphatic rings. The Labute approximate surface area is 216 Å². The highest BCUT2D eigenvalue weighted by Crippen LogP contribution is 2.39. The average molecular weight is 493 g/mol. The Hall–Kier alpha value is -3.64. The van der Waals surface area contributed by atoms with Gasteiger partial charge in [-0.15, -0.1) is 0 Å². The summed E-state index contributed by atoms with van der Waals surface area (Å²) in [7, 11) is 0. The van der Waals surface area contributed by atoms with Gasteiger partial charge in [-0.3, -0.25) is 14.9 Å². The lowest BCUT2D eigenvalue weighted by Crippen LogP contribution is -2.27. The number of imide groups is 1. The summed E-state index contributed by atoms with van der Waals surface area (Å²) < 4.78 is 4.59. The molecule has 2 amide bonds. The Morgan fingerprint density at radius 3 is 1.86 bits per heavy atom. The average Bonchev–Trinajstić information content (AvgIpc) is 3.68. The fraction of sp³-hybridized carbons (Fsp3) is 0.355. The molecule has 188 valence electrons. The van der Waals surface area contributed by atoms with Crippen molar-refractivity contribution in [2.24, 2.45) is 5.92 Å². The van der Waals surface area contributed by atoms with Crippen LogP contribution in [0.1, 0.15) is 43.2 Å². The van der Waals surface area contributed by atoms with Gasteiger partial charge in [0, 0.05) is 65.0 Å². The summed E-state index contributed by atoms with van der Waals surface area (Å²) in [6, 6.07) is 16.5. The predicted molar refractivity (Wildman–Crippen MR) is 147 cm³/mol. The number of benzene rings is 2. The van der Waals surface area contributed by atoms with Crippen molar-refractivity contribution in [3.8, 4) is 0 Å². The number of para-hydroxylation sites is 2. The highest BCUT2D eigenvalue weighted by molar-refractivity contribution is 6.50. The molecular formula is C31H32N4O2. The third-order valence-corrected chi connectivity index (χ3v) is 8.55. The van der Waals surface area contributed by atoms with Crippen LogP contribution < -0.4 is 5.32 Å². The molecule has 6 nitrogen and oxygen atoms in total. The van der Waals surface area contributed by atoms with E-state index in [4.69, 9.17) is 0 Å². The van der Waals surface area contributed by atoms with Crippen LogP contribution >= 0.6 is 0 Å². The molecular weight excluding hydrogens is 460 g/mol. The second-order valence-corrected chi connectivity index (χ2v) is 10.8. The zero-order valence-electron chi connectivity index (χ0n) is 21.1. The number of aryl methyl sites for hydroxylation is 2. The number of amides is 2. The molecule has 6 heteroatoms. The van der Waals surface area contributed by atoms with Crippen molar-refractivity contribution < 1.29 is 9.59 Å². The van der Waals surface area contributed by atoms with Crippen LogP contribution in [0.25, 0.3) is 33.0 Å². The number of hydrogen-bond acceptors (Lipinski definition) is 3. The number of rotatable bonds is 2. The first-order valence-electron chi connectivity index (χ1n) is 13.7. The number of nitrogens with zero attached hydrogens (tertiary/aromatic N) is 3. The molecule has 1 atom stereocenters. The van der Waals surface area contributed by atoms with Gasteiger partial charge in [0.2, 0.25) is 0 Å². The van der Waals surface area contributed by atoms with E-state index in [0.717, 1.165) is 65.4 Å². The van der Waals surface area contributed by atoms with Gasteiger partial charge in [-0.2, -0.15) is 0 Å². The molecule has 0 spiro atoms. The second-order valence-electron chi connectivity index (χ2n) is 10.8. The van der Waals surface area contributed by atoms with E-state index in [1.165, 1.54) is 32.4 Å². The van der Waals surface area contributed by atoms with Gasteiger partial charge in [-0.05, 0) is 63.2 Å². The maximum Gasteiger partial charge on any atom is 0.259 e. The second kappa shape index (κ2) is 9.03. The largest absolute Gasteiger partial charge is 0.347 e. The number of hydrogen-bond donors (Lipinski definition) is 1. The van der Waals surface area contributed by atoms with Crippen molar-refractivity contribution in [3.63, 3.8) is 0 Å². The Kier molecular flexibility index (Phi) is 5.50. The molecule has 4 aromatic rings. The normalized spacial score (nSPS) is 21.0. The molecule has 1 saturated heterocycles. The van der Waals surface area contributed by atoms with Crippen LogP contribution in [-0.4, -0.2) is 45.5 Å². The number of nitrogens with one attached hydrogen (secondary N) is 1. The van der Waals surface area contributed by atoms with Gasteiger partial charge in [0.15, 0.2) is 0 Å². The summed E-state index contributed by atoms with van der Waals surface area (Å²) in [6.07, 6.45) is 10.2. The standard InChI is InChI=1S/C31H32N4O2/c36-30-28-24-19-34(26-11-3-1-9-22(24)26)16-7-8-21(18-33-14-5-6-15-33)13-17-35-20-25(29(28)31(37)32-30)23-10-2-4-12-27(23)35/h1-4,9-12,19-21H,5-8,13-18H2,(H,32,36,37). The van der Waals surface area contributed by atoms with Crippen LogP contribution in [0, 0.1) is 5.92 Å². The topological polar surface area (TPSA) is 59.3 Å². The number of aromatic nitrogens is 2. The van der Waals surface area contributed by atoms with Crippen LogP contribution in [0.5, 0.6) is 0 Å². The van der Waals surface area contributed by atoms with Crippen molar-refractivity contribution in [3.05, 3.63) is 72.1 Å². The lowest BCUT2D eigenvalue weighted by Gasteiger charge is -2.24. The highest BCUT2D eigenvalue weighted by atomic mass is 16.2. The van der Waals surface area contributed by atoms with Crippen LogP contribution in [0.2, 0.25) is 0 Å². The third kappa shape index (κ3) is 3.82. The zero-order valence-corrected chi connectivity index (χ0v) is 21.1. The van der Waals surface area contributed by atoms with Crippen molar-refractivity contribution in [1.29, 1.82) is 0 Å². The number of carbonyl (C=O) groups is 2. The van der Waals surface area contributed by atoms with Gasteiger partial charge < -0.3 is 14.0 Å². The highest BCUT2D eigenvalue weighted by Gasteiger charge is 2.35. The van der Waals surface area contributed by atoms with E-state index in [1.807, 2.05) is 12.1 Å². The van der Waals surface area contributed by atoms with Gasteiger partial charge >= 0.3 is 0 Å². The molecule has 1 unspecified atom stereocenters. The molecule has 2 aromatic heterocycles. The van der Waals surface area contributed by atoms with E-state index in [9.17, 15) is 9.59 Å². The fourth-order valence-electron chi connectivity index (χ4n) is 6.76. The Bertz CT molecular complexity index is 1570. The van der Waals surface area contributed by atoms with Gasteiger partial charge in [0.25, 0.3) is 11.8 Å². The van der Waals surface area contributed by atoms with Crippen LogP contribution in [-0.2, 0) is 22.7 Å². The minimum absolute atomic E-state index is 0.307. The van der Waals surface area contributed by atoms with Crippen molar-refractivity contribution in [2.75, 3.05) is 19.6 Å². The van der Waals surface area contributed by atoms with E-state index in [1.54, 1.807) is 0 Å². The first kappa shape index (κ1) is 22.5. The Balaban J connectivity index is 1.42. The molecule has 0 radical (unpaired) electrons. The molecule has 37 heavy (non-hydrogen) atoms. The lowest BCUT2D eigenvalue weighted by atomic mass is 9.95. The predicted octanol–water partition coefficient (Wildman–Crippen LogP) is 5.06. The van der Waals surface area contributed by atoms with E-state index < -0.39 is 0 Å². The van der Waals surface area contributed by atoms with Crippen molar-refractivity contribution >= 4 is 44.8 Å². The molecule has 5 heterocycles. The molecule has 7 rings (SSSR count). The maximum atomic E-state index is 13.3. The summed E-state index contributed by atoms with van der Waals surface area (Å²) in [6.45, 7) is 5.42. The van der Waals surface area contributed by atoms with E-state index in [-0.39, 0.29) is 11.8 Å².